The summed E-state index contributed by atoms with van der Waals surface area (Å²) >= 11 is 0. The van der Waals surface area contributed by atoms with Gasteiger partial charge in [-0.25, -0.2) is 0 Å². The van der Waals surface area contributed by atoms with Crippen molar-refractivity contribution in [3.05, 3.63) is 34.9 Å². The predicted octanol–water partition coefficient (Wildman–Crippen LogP) is 3.83. The van der Waals surface area contributed by atoms with E-state index in [1.165, 1.54) is 49.0 Å². The van der Waals surface area contributed by atoms with Gasteiger partial charge in [-0.15, -0.1) is 0 Å². The summed E-state index contributed by atoms with van der Waals surface area (Å²) in [5, 5.41) is 3.51. The normalized spacial score (nSPS) is 21.0. The number of piperidine rings is 1. The molecule has 100 valence electrons. The second-order valence-corrected chi connectivity index (χ2v) is 6.81. The van der Waals surface area contributed by atoms with Crippen molar-refractivity contribution in [2.75, 3.05) is 13.1 Å². The van der Waals surface area contributed by atoms with Crippen LogP contribution in [0, 0.1) is 12.8 Å². The summed E-state index contributed by atoms with van der Waals surface area (Å²) in [6.07, 6.45) is 3.96. The maximum Gasteiger partial charge on any atom is -0.00173 e. The highest BCUT2D eigenvalue weighted by atomic mass is 14.9. The Morgan fingerprint density at radius 3 is 2.61 bits per heavy atom. The summed E-state index contributed by atoms with van der Waals surface area (Å²) in [4.78, 5) is 0. The van der Waals surface area contributed by atoms with Crippen LogP contribution < -0.4 is 5.32 Å². The van der Waals surface area contributed by atoms with Crippen molar-refractivity contribution in [3.63, 3.8) is 0 Å². The molecule has 1 aromatic rings. The predicted molar refractivity (Wildman–Crippen MR) is 79.2 cm³/mol. The van der Waals surface area contributed by atoms with E-state index < -0.39 is 0 Å². The van der Waals surface area contributed by atoms with Gasteiger partial charge in [0.25, 0.3) is 0 Å². The Kier molecular flexibility index (Phi) is 4.11. The van der Waals surface area contributed by atoms with Crippen molar-refractivity contribution in [1.82, 2.24) is 5.32 Å². The summed E-state index contributed by atoms with van der Waals surface area (Å²) in [5.41, 5.74) is 4.71. The number of hydrogen-bond acceptors (Lipinski definition) is 1. The Hall–Kier alpha value is -0.820. The molecule has 1 atom stereocenters. The second-order valence-electron chi connectivity index (χ2n) is 6.81. The average Bonchev–Trinajstić information content (AvgIpc) is 2.32. The van der Waals surface area contributed by atoms with Crippen LogP contribution in [0.3, 0.4) is 0 Å². The molecule has 1 saturated heterocycles. The highest BCUT2D eigenvalue weighted by molar-refractivity contribution is 5.34. The average molecular weight is 245 g/mol. The number of hydrogen-bond donors (Lipinski definition) is 1. The van der Waals surface area contributed by atoms with E-state index in [0.29, 0.717) is 0 Å². The third-order valence-electron chi connectivity index (χ3n) is 4.12. The molecule has 0 aromatic heterocycles. The van der Waals surface area contributed by atoms with E-state index in [4.69, 9.17) is 0 Å². The molecule has 1 aromatic carbocycles. The molecule has 1 heteroatoms. The summed E-state index contributed by atoms with van der Waals surface area (Å²) in [5.74, 6) is 0.831. The van der Waals surface area contributed by atoms with E-state index in [0.717, 1.165) is 5.92 Å². The van der Waals surface area contributed by atoms with Gasteiger partial charge in [0.2, 0.25) is 0 Å². The molecule has 0 saturated carbocycles. The minimum absolute atomic E-state index is 0.260. The standard InChI is InChI=1S/C17H27N/c1-13-10-16(17(2,3)4)8-7-15(13)11-14-6-5-9-18-12-14/h7-8,10,14,18H,5-6,9,11-12H2,1-4H3. The van der Waals surface area contributed by atoms with Gasteiger partial charge in [0.1, 0.15) is 0 Å². The van der Waals surface area contributed by atoms with Crippen molar-refractivity contribution in [2.24, 2.45) is 5.92 Å². The third-order valence-corrected chi connectivity index (χ3v) is 4.12. The fourth-order valence-electron chi connectivity index (χ4n) is 2.80. The van der Waals surface area contributed by atoms with Crippen LogP contribution in [0.5, 0.6) is 0 Å². The molecule has 1 fully saturated rings. The SMILES string of the molecule is Cc1cc(C(C)(C)C)ccc1CC1CCCNC1. The van der Waals surface area contributed by atoms with Crippen LogP contribution in [-0.2, 0) is 11.8 Å². The molecule has 0 amide bonds. The summed E-state index contributed by atoms with van der Waals surface area (Å²) in [6, 6.07) is 7.05. The van der Waals surface area contributed by atoms with E-state index in [9.17, 15) is 0 Å². The number of aryl methyl sites for hydroxylation is 1. The van der Waals surface area contributed by atoms with Crippen molar-refractivity contribution < 1.29 is 0 Å². The molecule has 1 unspecified atom stereocenters. The van der Waals surface area contributed by atoms with Gasteiger partial charge >= 0.3 is 0 Å². The first-order valence-corrected chi connectivity index (χ1v) is 7.27. The van der Waals surface area contributed by atoms with Crippen molar-refractivity contribution >= 4 is 0 Å². The van der Waals surface area contributed by atoms with Gasteiger partial charge in [-0.2, -0.15) is 0 Å². The summed E-state index contributed by atoms with van der Waals surface area (Å²) in [7, 11) is 0. The summed E-state index contributed by atoms with van der Waals surface area (Å²) < 4.78 is 0. The van der Waals surface area contributed by atoms with Crippen LogP contribution in [0.15, 0.2) is 18.2 Å². The Morgan fingerprint density at radius 2 is 2.06 bits per heavy atom. The lowest BCUT2D eigenvalue weighted by atomic mass is 9.83. The molecule has 18 heavy (non-hydrogen) atoms. The molecule has 1 heterocycles. The van der Waals surface area contributed by atoms with E-state index in [1.807, 2.05) is 0 Å². The van der Waals surface area contributed by atoms with Crippen LogP contribution >= 0.6 is 0 Å². The Labute approximate surface area is 112 Å². The van der Waals surface area contributed by atoms with Gasteiger partial charge < -0.3 is 5.32 Å². The highest BCUT2D eigenvalue weighted by Crippen LogP contribution is 2.26. The van der Waals surface area contributed by atoms with E-state index in [1.54, 1.807) is 0 Å². The Balaban J connectivity index is 2.09. The smallest absolute Gasteiger partial charge is 0.00173 e. The Morgan fingerprint density at radius 1 is 1.28 bits per heavy atom. The first-order chi connectivity index (χ1) is 8.47. The van der Waals surface area contributed by atoms with Gasteiger partial charge in [-0.1, -0.05) is 39.0 Å². The van der Waals surface area contributed by atoms with E-state index in [-0.39, 0.29) is 5.41 Å². The lowest BCUT2D eigenvalue weighted by Crippen LogP contribution is -2.31. The van der Waals surface area contributed by atoms with Gasteiger partial charge in [0.05, 0.1) is 0 Å². The summed E-state index contributed by atoms with van der Waals surface area (Å²) in [6.45, 7) is 11.5. The fourth-order valence-corrected chi connectivity index (χ4v) is 2.80. The maximum atomic E-state index is 3.51. The molecule has 1 aliphatic rings. The van der Waals surface area contributed by atoms with Crippen molar-refractivity contribution in [3.8, 4) is 0 Å². The second kappa shape index (κ2) is 5.44. The highest BCUT2D eigenvalue weighted by Gasteiger charge is 2.17. The number of nitrogens with one attached hydrogen (secondary N) is 1. The van der Waals surface area contributed by atoms with Crippen LogP contribution in [0.1, 0.15) is 50.3 Å². The number of rotatable bonds is 2. The van der Waals surface area contributed by atoms with Crippen molar-refractivity contribution in [2.45, 2.75) is 52.4 Å². The topological polar surface area (TPSA) is 12.0 Å². The molecule has 2 rings (SSSR count). The van der Waals surface area contributed by atoms with Crippen LogP contribution in [0.4, 0.5) is 0 Å². The molecule has 0 radical (unpaired) electrons. The van der Waals surface area contributed by atoms with E-state index in [2.05, 4.69) is 51.2 Å². The fraction of sp³-hybridized carbons (Fsp3) is 0.647. The van der Waals surface area contributed by atoms with E-state index >= 15 is 0 Å². The molecular formula is C17H27N. The minimum Gasteiger partial charge on any atom is -0.316 e. The third kappa shape index (κ3) is 3.35. The Bertz CT molecular complexity index is 395. The monoisotopic (exact) mass is 245 g/mol. The van der Waals surface area contributed by atoms with Crippen LogP contribution in [0.2, 0.25) is 0 Å². The molecule has 0 spiro atoms. The minimum atomic E-state index is 0.260. The zero-order valence-corrected chi connectivity index (χ0v) is 12.3. The molecule has 0 aliphatic carbocycles. The molecule has 0 bridgehead atoms. The van der Waals surface area contributed by atoms with Gasteiger partial charge in [-0.3, -0.25) is 0 Å². The molecule has 1 N–H and O–H groups in total. The van der Waals surface area contributed by atoms with Crippen LogP contribution in [0.25, 0.3) is 0 Å². The molecule has 1 aliphatic heterocycles. The molecule has 1 nitrogen and oxygen atoms in total. The largest absolute Gasteiger partial charge is 0.316 e. The van der Waals surface area contributed by atoms with Gasteiger partial charge in [0.15, 0.2) is 0 Å². The first-order valence-electron chi connectivity index (χ1n) is 7.27. The van der Waals surface area contributed by atoms with Crippen molar-refractivity contribution in [1.29, 1.82) is 0 Å². The zero-order valence-electron chi connectivity index (χ0n) is 12.3. The zero-order chi connectivity index (χ0) is 13.2. The maximum absolute atomic E-state index is 3.51. The first kappa shape index (κ1) is 13.6. The lowest BCUT2D eigenvalue weighted by molar-refractivity contribution is 0.375. The quantitative estimate of drug-likeness (QED) is 0.835. The van der Waals surface area contributed by atoms with Crippen LogP contribution in [-0.4, -0.2) is 13.1 Å². The number of benzene rings is 1. The van der Waals surface area contributed by atoms with Gasteiger partial charge in [0, 0.05) is 0 Å². The molecular weight excluding hydrogens is 218 g/mol. The lowest BCUT2D eigenvalue weighted by Gasteiger charge is -2.25. The van der Waals surface area contributed by atoms with Gasteiger partial charge in [-0.05, 0) is 67.3 Å².